The number of benzene rings is 1. The maximum atomic E-state index is 12.4. The van der Waals surface area contributed by atoms with Crippen molar-refractivity contribution in [2.75, 3.05) is 5.32 Å². The van der Waals surface area contributed by atoms with Crippen molar-refractivity contribution in [2.45, 2.75) is 27.2 Å². The Kier molecular flexibility index (Phi) is 3.73. The van der Waals surface area contributed by atoms with Crippen LogP contribution in [0.5, 0.6) is 0 Å². The van der Waals surface area contributed by atoms with Crippen LogP contribution in [0.25, 0.3) is 11.0 Å². The molecule has 1 N–H and O–H groups in total. The van der Waals surface area contributed by atoms with Crippen LogP contribution in [0.3, 0.4) is 0 Å². The van der Waals surface area contributed by atoms with Crippen LogP contribution < -0.4 is 10.9 Å². The molecule has 0 aliphatic rings. The van der Waals surface area contributed by atoms with Crippen molar-refractivity contribution in [1.29, 1.82) is 0 Å². The Morgan fingerprint density at radius 1 is 1.26 bits per heavy atom. The van der Waals surface area contributed by atoms with E-state index in [0.717, 1.165) is 10.9 Å². The lowest BCUT2D eigenvalue weighted by Gasteiger charge is -2.07. The number of carbonyl (C=O) groups excluding carboxylic acids is 1. The first-order valence-electron chi connectivity index (χ1n) is 7.30. The first kappa shape index (κ1) is 15.0. The summed E-state index contributed by atoms with van der Waals surface area (Å²) in [6.07, 6.45) is 0.603. The van der Waals surface area contributed by atoms with Crippen LogP contribution in [0.4, 0.5) is 5.69 Å². The molecule has 3 rings (SSSR count). The molecule has 3 aromatic rings. The minimum Gasteiger partial charge on any atom is -0.423 e. The average molecular weight is 312 g/mol. The quantitative estimate of drug-likeness (QED) is 0.751. The number of anilines is 1. The summed E-state index contributed by atoms with van der Waals surface area (Å²) >= 11 is 0. The van der Waals surface area contributed by atoms with E-state index in [1.54, 1.807) is 19.1 Å². The number of hydrogen-bond donors (Lipinski definition) is 1. The molecule has 2 aromatic heterocycles. The Morgan fingerprint density at radius 2 is 2.04 bits per heavy atom. The van der Waals surface area contributed by atoms with E-state index in [0.29, 0.717) is 34.7 Å². The first-order chi connectivity index (χ1) is 11.0. The van der Waals surface area contributed by atoms with E-state index in [9.17, 15) is 9.59 Å². The van der Waals surface area contributed by atoms with Crippen molar-refractivity contribution >= 4 is 22.6 Å². The Morgan fingerprint density at radius 3 is 2.78 bits per heavy atom. The number of nitrogens with zero attached hydrogens (tertiary/aromatic N) is 1. The summed E-state index contributed by atoms with van der Waals surface area (Å²) in [5.74, 6) is 0.178. The van der Waals surface area contributed by atoms with E-state index >= 15 is 0 Å². The fourth-order valence-corrected chi connectivity index (χ4v) is 2.55. The average Bonchev–Trinajstić information content (AvgIpc) is 2.87. The Bertz CT molecular complexity index is 953. The van der Waals surface area contributed by atoms with E-state index < -0.39 is 5.63 Å². The van der Waals surface area contributed by atoms with Gasteiger partial charge in [0.2, 0.25) is 0 Å². The van der Waals surface area contributed by atoms with Gasteiger partial charge < -0.3 is 14.3 Å². The number of hydrogen-bond acceptors (Lipinski definition) is 5. The zero-order chi connectivity index (χ0) is 16.6. The van der Waals surface area contributed by atoms with Crippen LogP contribution >= 0.6 is 0 Å². The molecule has 6 heteroatoms. The van der Waals surface area contributed by atoms with E-state index in [1.165, 1.54) is 6.07 Å². The van der Waals surface area contributed by atoms with Gasteiger partial charge in [0.25, 0.3) is 5.91 Å². The van der Waals surface area contributed by atoms with E-state index in [-0.39, 0.29) is 5.91 Å². The fourth-order valence-electron chi connectivity index (χ4n) is 2.55. The summed E-state index contributed by atoms with van der Waals surface area (Å²) in [4.78, 5) is 23.9. The van der Waals surface area contributed by atoms with Crippen LogP contribution in [0.15, 0.2) is 38.0 Å². The van der Waals surface area contributed by atoms with Crippen molar-refractivity contribution in [3.05, 3.63) is 57.3 Å². The van der Waals surface area contributed by atoms with Crippen LogP contribution in [0, 0.1) is 13.8 Å². The van der Waals surface area contributed by atoms with E-state index in [1.807, 2.05) is 19.9 Å². The SMILES string of the molecule is CCc1noc(C)c1C(=O)Nc1ccc2c(C)cc(=O)oc2c1. The summed E-state index contributed by atoms with van der Waals surface area (Å²) in [6, 6.07) is 6.65. The minimum absolute atomic E-state index is 0.296. The zero-order valence-electron chi connectivity index (χ0n) is 13.1. The highest BCUT2D eigenvalue weighted by Crippen LogP contribution is 2.22. The molecule has 0 unspecified atom stereocenters. The molecule has 0 fully saturated rings. The topological polar surface area (TPSA) is 85.3 Å². The number of aromatic nitrogens is 1. The summed E-state index contributed by atoms with van der Waals surface area (Å²) in [7, 11) is 0. The first-order valence-corrected chi connectivity index (χ1v) is 7.30. The van der Waals surface area contributed by atoms with Crippen LogP contribution in [0.2, 0.25) is 0 Å². The predicted octanol–water partition coefficient (Wildman–Crippen LogP) is 3.21. The van der Waals surface area contributed by atoms with E-state index in [4.69, 9.17) is 8.94 Å². The maximum absolute atomic E-state index is 12.4. The third-order valence-electron chi connectivity index (χ3n) is 3.70. The standard InChI is InChI=1S/C17H16N2O4/c1-4-13-16(10(3)23-19-13)17(21)18-11-5-6-12-9(2)7-15(20)22-14(12)8-11/h5-8H,4H2,1-3H3,(H,18,21). The molecule has 6 nitrogen and oxygen atoms in total. The summed E-state index contributed by atoms with van der Waals surface area (Å²) in [5.41, 5.74) is 2.45. The largest absolute Gasteiger partial charge is 0.423 e. The molecule has 0 saturated carbocycles. The van der Waals surface area contributed by atoms with Crippen molar-refractivity contribution in [3.8, 4) is 0 Å². The third-order valence-corrected chi connectivity index (χ3v) is 3.70. The van der Waals surface area contributed by atoms with Crippen LogP contribution in [0.1, 0.15) is 34.3 Å². The lowest BCUT2D eigenvalue weighted by atomic mass is 10.1. The summed E-state index contributed by atoms with van der Waals surface area (Å²) in [6.45, 7) is 5.44. The highest BCUT2D eigenvalue weighted by molar-refractivity contribution is 6.06. The second-order valence-corrected chi connectivity index (χ2v) is 5.33. The molecular weight excluding hydrogens is 296 g/mol. The molecule has 0 saturated heterocycles. The molecule has 118 valence electrons. The Hall–Kier alpha value is -2.89. The van der Waals surface area contributed by atoms with Gasteiger partial charge in [0, 0.05) is 23.2 Å². The third kappa shape index (κ3) is 2.75. The van der Waals surface area contributed by atoms with Gasteiger partial charge in [-0.05, 0) is 38.0 Å². The van der Waals surface area contributed by atoms with Gasteiger partial charge in [-0.3, -0.25) is 4.79 Å². The number of rotatable bonds is 3. The fraction of sp³-hybridized carbons (Fsp3) is 0.235. The summed E-state index contributed by atoms with van der Waals surface area (Å²) < 4.78 is 10.3. The maximum Gasteiger partial charge on any atom is 0.336 e. The molecule has 0 spiro atoms. The number of nitrogens with one attached hydrogen (secondary N) is 1. The van der Waals surface area contributed by atoms with E-state index in [2.05, 4.69) is 10.5 Å². The smallest absolute Gasteiger partial charge is 0.336 e. The molecule has 23 heavy (non-hydrogen) atoms. The van der Waals surface area contributed by atoms with Gasteiger partial charge in [0.15, 0.2) is 0 Å². The van der Waals surface area contributed by atoms with Gasteiger partial charge in [0.05, 0.1) is 5.69 Å². The number of aryl methyl sites for hydroxylation is 3. The van der Waals surface area contributed by atoms with Crippen molar-refractivity contribution in [1.82, 2.24) is 5.16 Å². The molecule has 2 heterocycles. The minimum atomic E-state index is -0.415. The monoisotopic (exact) mass is 312 g/mol. The second kappa shape index (κ2) is 5.72. The molecular formula is C17H16N2O4. The number of amides is 1. The normalized spacial score (nSPS) is 10.9. The lowest BCUT2D eigenvalue weighted by molar-refractivity contribution is 0.102. The molecule has 1 amide bonds. The van der Waals surface area contributed by atoms with Crippen molar-refractivity contribution in [2.24, 2.45) is 0 Å². The highest BCUT2D eigenvalue weighted by Gasteiger charge is 2.19. The molecule has 0 aliphatic heterocycles. The second-order valence-electron chi connectivity index (χ2n) is 5.33. The number of fused-ring (bicyclic) bond motifs is 1. The van der Waals surface area contributed by atoms with Gasteiger partial charge in [-0.1, -0.05) is 12.1 Å². The highest BCUT2D eigenvalue weighted by atomic mass is 16.5. The van der Waals surface area contributed by atoms with Gasteiger partial charge in [-0.25, -0.2) is 4.79 Å². The van der Waals surface area contributed by atoms with Gasteiger partial charge in [0.1, 0.15) is 16.9 Å². The Balaban J connectivity index is 1.97. The van der Waals surface area contributed by atoms with Crippen LogP contribution in [-0.2, 0) is 6.42 Å². The van der Waals surface area contributed by atoms with Crippen molar-refractivity contribution < 1.29 is 13.7 Å². The molecule has 0 atom stereocenters. The van der Waals surface area contributed by atoms with Crippen LogP contribution in [-0.4, -0.2) is 11.1 Å². The molecule has 1 aromatic carbocycles. The summed E-state index contributed by atoms with van der Waals surface area (Å²) in [5, 5.41) is 7.50. The molecule has 0 radical (unpaired) electrons. The predicted molar refractivity (Wildman–Crippen MR) is 85.8 cm³/mol. The zero-order valence-corrected chi connectivity index (χ0v) is 13.1. The molecule has 0 bridgehead atoms. The van der Waals surface area contributed by atoms with Gasteiger partial charge in [-0.15, -0.1) is 0 Å². The molecule has 0 aliphatic carbocycles. The Labute approximate surface area is 132 Å². The van der Waals surface area contributed by atoms with Gasteiger partial charge >= 0.3 is 5.63 Å². The van der Waals surface area contributed by atoms with Crippen molar-refractivity contribution in [3.63, 3.8) is 0 Å². The van der Waals surface area contributed by atoms with Gasteiger partial charge in [-0.2, -0.15) is 0 Å². The lowest BCUT2D eigenvalue weighted by Crippen LogP contribution is -2.14. The number of carbonyl (C=O) groups is 1.